The molecule has 1 N–H and O–H groups in total. The maximum absolute atomic E-state index is 13.2. The summed E-state index contributed by atoms with van der Waals surface area (Å²) in [6, 6.07) is 25.0. The molecule has 3 aromatic carbocycles. The molecule has 162 valence electrons. The summed E-state index contributed by atoms with van der Waals surface area (Å²) in [7, 11) is 0. The zero-order chi connectivity index (χ0) is 22.4. The minimum Gasteiger partial charge on any atom is -0.378 e. The molecule has 3 aromatic rings. The summed E-state index contributed by atoms with van der Waals surface area (Å²) >= 11 is 1.72. The summed E-state index contributed by atoms with van der Waals surface area (Å²) in [4.78, 5) is 14.4. The number of thioether (sulfide) groups is 1. The number of nitrogens with one attached hydrogen (secondary N) is 1. The van der Waals surface area contributed by atoms with E-state index in [0.717, 1.165) is 23.2 Å². The van der Waals surface area contributed by atoms with E-state index in [4.69, 9.17) is 0 Å². The van der Waals surface area contributed by atoms with Gasteiger partial charge in [0.2, 0.25) is 0 Å². The molecule has 0 heterocycles. The molecule has 0 aromatic heterocycles. The molecule has 1 atom stereocenters. The lowest BCUT2D eigenvalue weighted by Crippen LogP contribution is -2.16. The van der Waals surface area contributed by atoms with Gasteiger partial charge in [-0.2, -0.15) is 0 Å². The van der Waals surface area contributed by atoms with Crippen LogP contribution >= 0.6 is 11.8 Å². The van der Waals surface area contributed by atoms with E-state index in [2.05, 4.69) is 99.9 Å². The molecule has 31 heavy (non-hydrogen) atoms. The lowest BCUT2D eigenvalue weighted by atomic mass is 9.86. The molecule has 0 saturated carbocycles. The van der Waals surface area contributed by atoms with Gasteiger partial charge in [0.05, 0.1) is 6.04 Å². The standard InChI is InChI=1S/C28H33NOS/c1-6-20-7-15-24(16-8-20)29-26(21-11-17-25(31-5)18-12-21)19-27(30)22-9-13-23(14-10-22)28(2,3)4/h7-18,26,29H,6,19H2,1-5H3/t26-/m1/s1. The Kier molecular flexibility index (Phi) is 7.61. The Morgan fingerprint density at radius 1 is 0.903 bits per heavy atom. The fraction of sp³-hybridized carbons (Fsp3) is 0.321. The van der Waals surface area contributed by atoms with Gasteiger partial charge in [-0.15, -0.1) is 11.8 Å². The number of aryl methyl sites for hydroxylation is 1. The SMILES string of the molecule is CCc1ccc(N[C@H](CC(=O)c2ccc(C(C)(C)C)cc2)c2ccc(SC)cc2)cc1. The Balaban J connectivity index is 1.83. The molecule has 2 nitrogen and oxygen atoms in total. The molecule has 0 aliphatic rings. The molecule has 0 fully saturated rings. The zero-order valence-corrected chi connectivity index (χ0v) is 20.1. The molecule has 3 rings (SSSR count). The number of carbonyl (C=O) groups is 1. The van der Waals surface area contributed by atoms with Crippen LogP contribution in [0.25, 0.3) is 0 Å². The van der Waals surface area contributed by atoms with Gasteiger partial charge in [0.1, 0.15) is 0 Å². The van der Waals surface area contributed by atoms with E-state index in [9.17, 15) is 4.79 Å². The predicted octanol–water partition coefficient (Wildman–Crippen LogP) is 7.69. The third kappa shape index (κ3) is 6.24. The van der Waals surface area contributed by atoms with E-state index in [1.54, 1.807) is 11.8 Å². The van der Waals surface area contributed by atoms with E-state index < -0.39 is 0 Å². The summed E-state index contributed by atoms with van der Waals surface area (Å²) in [5, 5.41) is 3.59. The Morgan fingerprint density at radius 2 is 1.52 bits per heavy atom. The second kappa shape index (κ2) is 10.2. The molecule has 0 unspecified atom stereocenters. The van der Waals surface area contributed by atoms with Gasteiger partial charge >= 0.3 is 0 Å². The molecular formula is C28H33NOS. The van der Waals surface area contributed by atoms with Crippen molar-refractivity contribution < 1.29 is 4.79 Å². The quantitative estimate of drug-likeness (QED) is 0.293. The molecule has 3 heteroatoms. The summed E-state index contributed by atoms with van der Waals surface area (Å²) in [5.41, 5.74) is 5.55. The topological polar surface area (TPSA) is 29.1 Å². The maximum Gasteiger partial charge on any atom is 0.165 e. The fourth-order valence-corrected chi connectivity index (χ4v) is 3.99. The molecule has 0 bridgehead atoms. The van der Waals surface area contributed by atoms with Crippen molar-refractivity contribution in [2.24, 2.45) is 0 Å². The van der Waals surface area contributed by atoms with Crippen molar-refractivity contribution in [3.05, 3.63) is 95.1 Å². The molecule has 0 aliphatic heterocycles. The summed E-state index contributed by atoms with van der Waals surface area (Å²) in [6.45, 7) is 8.71. The number of carbonyl (C=O) groups excluding carboxylic acids is 1. The van der Waals surface area contributed by atoms with E-state index in [1.165, 1.54) is 16.0 Å². The lowest BCUT2D eigenvalue weighted by molar-refractivity contribution is 0.0976. The van der Waals surface area contributed by atoms with Crippen LogP contribution in [0.2, 0.25) is 0 Å². The van der Waals surface area contributed by atoms with Crippen molar-refractivity contribution in [1.29, 1.82) is 0 Å². The lowest BCUT2D eigenvalue weighted by Gasteiger charge is -2.21. The highest BCUT2D eigenvalue weighted by Crippen LogP contribution is 2.28. The molecule has 0 radical (unpaired) electrons. The van der Waals surface area contributed by atoms with E-state index in [0.29, 0.717) is 6.42 Å². The van der Waals surface area contributed by atoms with Crippen molar-refractivity contribution in [2.75, 3.05) is 11.6 Å². The number of hydrogen-bond donors (Lipinski definition) is 1. The van der Waals surface area contributed by atoms with Gasteiger partial charge in [-0.05, 0) is 59.0 Å². The third-order valence-corrected chi connectivity index (χ3v) is 6.43. The van der Waals surface area contributed by atoms with E-state index in [-0.39, 0.29) is 17.2 Å². The van der Waals surface area contributed by atoms with Crippen molar-refractivity contribution in [2.45, 2.75) is 56.9 Å². The van der Waals surface area contributed by atoms with Crippen molar-refractivity contribution >= 4 is 23.2 Å². The highest BCUT2D eigenvalue weighted by atomic mass is 32.2. The fourth-order valence-electron chi connectivity index (χ4n) is 3.59. The summed E-state index contributed by atoms with van der Waals surface area (Å²) < 4.78 is 0. The maximum atomic E-state index is 13.2. The number of Topliss-reactive ketones (excluding diaryl/α,β-unsaturated/α-hetero) is 1. The first-order chi connectivity index (χ1) is 14.8. The van der Waals surface area contributed by atoms with Crippen LogP contribution in [-0.4, -0.2) is 12.0 Å². The van der Waals surface area contributed by atoms with Gasteiger partial charge in [-0.25, -0.2) is 0 Å². The van der Waals surface area contributed by atoms with Crippen LogP contribution in [0.5, 0.6) is 0 Å². The van der Waals surface area contributed by atoms with Crippen LogP contribution < -0.4 is 5.32 Å². The van der Waals surface area contributed by atoms with E-state index >= 15 is 0 Å². The number of rotatable bonds is 8. The van der Waals surface area contributed by atoms with Gasteiger partial charge in [-0.1, -0.05) is 76.2 Å². The summed E-state index contributed by atoms with van der Waals surface area (Å²) in [6.07, 6.45) is 3.50. The van der Waals surface area contributed by atoms with Crippen LogP contribution in [-0.2, 0) is 11.8 Å². The molecule has 0 spiro atoms. The van der Waals surface area contributed by atoms with Gasteiger partial charge < -0.3 is 5.32 Å². The minimum absolute atomic E-state index is 0.0787. The number of hydrogen-bond acceptors (Lipinski definition) is 3. The minimum atomic E-state index is -0.0850. The first kappa shape index (κ1) is 23.1. The molecule has 0 saturated heterocycles. The van der Waals surface area contributed by atoms with E-state index in [1.807, 2.05) is 12.1 Å². The number of ketones is 1. The molecular weight excluding hydrogens is 398 g/mol. The van der Waals surface area contributed by atoms with Gasteiger partial charge in [0.25, 0.3) is 0 Å². The smallest absolute Gasteiger partial charge is 0.165 e. The molecule has 0 amide bonds. The van der Waals surface area contributed by atoms with Crippen molar-refractivity contribution in [3.8, 4) is 0 Å². The average molecular weight is 432 g/mol. The highest BCUT2D eigenvalue weighted by Gasteiger charge is 2.19. The van der Waals surface area contributed by atoms with Crippen molar-refractivity contribution in [1.82, 2.24) is 0 Å². The zero-order valence-electron chi connectivity index (χ0n) is 19.2. The summed E-state index contributed by atoms with van der Waals surface area (Å²) in [5.74, 6) is 0.150. The van der Waals surface area contributed by atoms with Gasteiger partial charge in [0.15, 0.2) is 5.78 Å². The first-order valence-corrected chi connectivity index (χ1v) is 12.2. The normalized spacial score (nSPS) is 12.4. The first-order valence-electron chi connectivity index (χ1n) is 10.9. The van der Waals surface area contributed by atoms with Crippen LogP contribution in [0.3, 0.4) is 0 Å². The van der Waals surface area contributed by atoms with Gasteiger partial charge in [-0.3, -0.25) is 4.79 Å². The second-order valence-corrected chi connectivity index (χ2v) is 9.85. The Morgan fingerprint density at radius 3 is 2.03 bits per heavy atom. The number of benzene rings is 3. The molecule has 0 aliphatic carbocycles. The van der Waals surface area contributed by atoms with Crippen LogP contribution in [0.4, 0.5) is 5.69 Å². The Bertz CT molecular complexity index is 983. The Labute approximate surface area is 191 Å². The van der Waals surface area contributed by atoms with Crippen molar-refractivity contribution in [3.63, 3.8) is 0 Å². The number of anilines is 1. The Hall–Kier alpha value is -2.52. The van der Waals surface area contributed by atoms with Gasteiger partial charge in [0, 0.05) is 22.6 Å². The van der Waals surface area contributed by atoms with Crippen LogP contribution in [0.1, 0.15) is 67.2 Å². The monoisotopic (exact) mass is 431 g/mol. The van der Waals surface area contributed by atoms with Crippen LogP contribution in [0, 0.1) is 0 Å². The largest absolute Gasteiger partial charge is 0.378 e. The predicted molar refractivity (Wildman–Crippen MR) is 134 cm³/mol. The second-order valence-electron chi connectivity index (χ2n) is 8.98. The van der Waals surface area contributed by atoms with Crippen LogP contribution in [0.15, 0.2) is 77.7 Å². The third-order valence-electron chi connectivity index (χ3n) is 5.68. The average Bonchev–Trinajstić information content (AvgIpc) is 2.78. The highest BCUT2D eigenvalue weighted by molar-refractivity contribution is 7.98.